The van der Waals surface area contributed by atoms with E-state index in [4.69, 9.17) is 14.2 Å². The second-order valence-corrected chi connectivity index (χ2v) is 16.0. The molecule has 7 rings (SSSR count). The summed E-state index contributed by atoms with van der Waals surface area (Å²) in [6, 6.07) is 18.9. The van der Waals surface area contributed by atoms with Crippen LogP contribution in [0.2, 0.25) is 0 Å². The average molecular weight is 848 g/mol. The van der Waals surface area contributed by atoms with E-state index in [-0.39, 0.29) is 42.1 Å². The van der Waals surface area contributed by atoms with Crippen LogP contribution in [0, 0.1) is 17.6 Å². The highest BCUT2D eigenvalue weighted by Gasteiger charge is 2.46. The monoisotopic (exact) mass is 847 g/mol. The molecular weight excluding hydrogens is 799 g/mol. The summed E-state index contributed by atoms with van der Waals surface area (Å²) in [5.41, 5.74) is 1.60. The molecule has 3 aromatic carbocycles. The van der Waals surface area contributed by atoms with Gasteiger partial charge in [-0.25, -0.2) is 27.6 Å². The number of thioether (sulfide) groups is 1. The van der Waals surface area contributed by atoms with Crippen molar-refractivity contribution in [2.75, 3.05) is 54.9 Å². The van der Waals surface area contributed by atoms with Crippen molar-refractivity contribution in [3.05, 3.63) is 113 Å². The number of aliphatic hydroxyl groups excluding tert-OH is 1. The van der Waals surface area contributed by atoms with Crippen molar-refractivity contribution >= 4 is 34.7 Å². The number of aliphatic hydroxyl groups is 1. The molecule has 0 saturated carbocycles. The van der Waals surface area contributed by atoms with Crippen LogP contribution in [0.15, 0.2) is 90.5 Å². The van der Waals surface area contributed by atoms with Crippen molar-refractivity contribution < 1.29 is 42.3 Å². The smallest absolute Gasteiger partial charge is 0.370 e. The van der Waals surface area contributed by atoms with Crippen molar-refractivity contribution in [1.29, 1.82) is 0 Å². The standard InChI is InChI=1S/C42H49F2N8O7S/c1-4-39(29(2)54)52-40(55)51(27-46-52)35-8-6-33(7-9-35)47-15-17-48(18-16-47)34-10-12-36(13-11-34)57-23-31-22-42(58-24-31,37-14-5-32(43)21-38(37)44)25-50-28-49(26-45-50)30(3)59-41(56)60-20-19-53/h5-14,19,21,26-31,39,54H,4,15-18,20,22-25H2,1-3H3/q+1/t29-,30?,31+,39-,42-/m0/s1. The molecule has 1 N–H and O–H groups in total. The third-order valence-corrected chi connectivity index (χ3v) is 11.7. The lowest BCUT2D eigenvalue weighted by atomic mass is 9.87. The summed E-state index contributed by atoms with van der Waals surface area (Å²) in [7, 11) is 0. The number of hydrogen-bond donors (Lipinski definition) is 1. The fraction of sp³-hybridized carbons (Fsp3) is 0.429. The fourth-order valence-electron chi connectivity index (χ4n) is 7.87. The molecule has 2 aromatic heterocycles. The average Bonchev–Trinajstić information content (AvgIpc) is 3.99. The van der Waals surface area contributed by atoms with Crippen molar-refractivity contribution in [1.82, 2.24) is 24.1 Å². The number of rotatable bonds is 16. The van der Waals surface area contributed by atoms with Gasteiger partial charge < -0.3 is 33.9 Å². The highest BCUT2D eigenvalue weighted by Crippen LogP contribution is 2.42. The number of piperazine rings is 1. The number of hydrogen-bond acceptors (Lipinski definition) is 12. The van der Waals surface area contributed by atoms with Gasteiger partial charge in [0.05, 0.1) is 36.8 Å². The first kappa shape index (κ1) is 42.5. The molecule has 2 aliphatic rings. The number of anilines is 2. The zero-order valence-corrected chi connectivity index (χ0v) is 34.5. The summed E-state index contributed by atoms with van der Waals surface area (Å²) in [5.74, 6) is -0.859. The zero-order valence-electron chi connectivity index (χ0n) is 33.7. The van der Waals surface area contributed by atoms with E-state index in [0.29, 0.717) is 37.2 Å². The van der Waals surface area contributed by atoms with Crippen LogP contribution in [0.1, 0.15) is 51.4 Å². The molecule has 2 fully saturated rings. The lowest BCUT2D eigenvalue weighted by Crippen LogP contribution is -2.46. The number of ether oxygens (including phenoxy) is 3. The summed E-state index contributed by atoms with van der Waals surface area (Å²) in [6.07, 6.45) is 4.76. The minimum atomic E-state index is -1.18. The molecule has 2 aliphatic heterocycles. The maximum Gasteiger partial charge on any atom is 0.370 e. The summed E-state index contributed by atoms with van der Waals surface area (Å²) >= 11 is 0.753. The summed E-state index contributed by atoms with van der Waals surface area (Å²) in [5, 5.41) is 18.1. The van der Waals surface area contributed by atoms with Crippen molar-refractivity contribution in [3.8, 4) is 11.4 Å². The second kappa shape index (κ2) is 18.8. The van der Waals surface area contributed by atoms with Gasteiger partial charge >= 0.3 is 11.0 Å². The van der Waals surface area contributed by atoms with Crippen LogP contribution in [-0.2, 0) is 26.4 Å². The van der Waals surface area contributed by atoms with E-state index >= 15 is 4.39 Å². The Morgan fingerprint density at radius 3 is 2.32 bits per heavy atom. The van der Waals surface area contributed by atoms with E-state index in [1.165, 1.54) is 34.0 Å². The Balaban J connectivity index is 0.930. The molecule has 18 heteroatoms. The van der Waals surface area contributed by atoms with Crippen LogP contribution in [0.3, 0.4) is 0 Å². The van der Waals surface area contributed by atoms with E-state index in [0.717, 1.165) is 55.4 Å². The highest BCUT2D eigenvalue weighted by atomic mass is 32.2. The van der Waals surface area contributed by atoms with E-state index in [1.54, 1.807) is 29.4 Å². The first-order valence-corrected chi connectivity index (χ1v) is 20.9. The van der Waals surface area contributed by atoms with E-state index in [1.807, 2.05) is 55.5 Å². The Morgan fingerprint density at radius 1 is 1.02 bits per heavy atom. The molecule has 5 atom stereocenters. The molecule has 0 aliphatic carbocycles. The highest BCUT2D eigenvalue weighted by molar-refractivity contribution is 8.13. The SMILES string of the molecule is CC[C@@H]([C@H](C)O)n1ncn(-c2ccc(N3CCN(c4ccc(OC[C@@H]5CO[C@@](Cn6c[n+](C(C)OC(=O)SCC=O)cn6)(c6ccc(F)cc6F)C5)cc4)CC3)cc2)c1=O. The molecule has 60 heavy (non-hydrogen) atoms. The molecular formula is C42H49F2N8O7S+. The number of nitrogens with zero attached hydrogens (tertiary/aromatic N) is 8. The third-order valence-electron chi connectivity index (χ3n) is 11.1. The van der Waals surface area contributed by atoms with Gasteiger partial charge in [-0.1, -0.05) is 13.0 Å². The first-order valence-electron chi connectivity index (χ1n) is 19.9. The molecule has 2 saturated heterocycles. The Kier molecular flexibility index (Phi) is 13.3. The number of carbonyl (C=O) groups excluding carboxylic acids is 2. The quantitative estimate of drug-likeness (QED) is 0.0805. The number of carbonyl (C=O) groups is 2. The Bertz CT molecular complexity index is 2300. The molecule has 0 bridgehead atoms. The number of benzene rings is 3. The van der Waals surface area contributed by atoms with E-state index in [9.17, 15) is 23.9 Å². The lowest BCUT2D eigenvalue weighted by molar-refractivity contribution is -0.753. The van der Waals surface area contributed by atoms with Gasteiger partial charge in [0.15, 0.2) is 0 Å². The molecule has 5 aromatic rings. The van der Waals surface area contributed by atoms with Crippen molar-refractivity contribution in [2.24, 2.45) is 5.92 Å². The van der Waals surface area contributed by atoms with Gasteiger partial charge in [-0.3, -0.25) is 0 Å². The molecule has 1 unspecified atom stereocenters. The number of aldehydes is 1. The normalized spacial score (nSPS) is 19.5. The third kappa shape index (κ3) is 9.55. The predicted molar refractivity (Wildman–Crippen MR) is 219 cm³/mol. The molecule has 0 radical (unpaired) electrons. The van der Waals surface area contributed by atoms with Gasteiger partial charge in [-0.15, -0.1) is 4.68 Å². The largest absolute Gasteiger partial charge is 0.493 e. The van der Waals surface area contributed by atoms with Crippen LogP contribution in [0.4, 0.5) is 25.0 Å². The van der Waals surface area contributed by atoms with Gasteiger partial charge in [-0.2, -0.15) is 9.67 Å². The molecule has 0 amide bonds. The first-order chi connectivity index (χ1) is 29.0. The van der Waals surface area contributed by atoms with Gasteiger partial charge in [0.1, 0.15) is 42.1 Å². The topological polar surface area (TPSA) is 150 Å². The van der Waals surface area contributed by atoms with Crippen molar-refractivity contribution in [3.63, 3.8) is 0 Å². The van der Waals surface area contributed by atoms with Gasteiger partial charge in [-0.05, 0) is 86.1 Å². The Labute approximate surface area is 350 Å². The lowest BCUT2D eigenvalue weighted by Gasteiger charge is -2.37. The summed E-state index contributed by atoms with van der Waals surface area (Å²) in [4.78, 5) is 40.3. The Morgan fingerprint density at radius 2 is 1.68 bits per heavy atom. The maximum atomic E-state index is 15.3. The van der Waals surface area contributed by atoms with E-state index in [2.05, 4.69) is 20.0 Å². The number of halogens is 2. The summed E-state index contributed by atoms with van der Waals surface area (Å²) in [6.45, 7) is 9.17. The molecule has 318 valence electrons. The van der Waals surface area contributed by atoms with Crippen LogP contribution in [0.5, 0.6) is 5.75 Å². The van der Waals surface area contributed by atoms with Crippen LogP contribution >= 0.6 is 11.8 Å². The Hall–Kier alpha value is -5.59. The van der Waals surface area contributed by atoms with Crippen LogP contribution < -0.4 is 24.8 Å². The fourth-order valence-corrected chi connectivity index (χ4v) is 8.28. The van der Waals surface area contributed by atoms with Gasteiger partial charge in [0.2, 0.25) is 12.6 Å². The number of aromatic nitrogens is 6. The predicted octanol–water partition coefficient (Wildman–Crippen LogP) is 5.05. The van der Waals surface area contributed by atoms with Crippen LogP contribution in [0.25, 0.3) is 5.69 Å². The summed E-state index contributed by atoms with van der Waals surface area (Å²) < 4.78 is 53.2. The molecule has 0 spiro atoms. The van der Waals surface area contributed by atoms with Crippen molar-refractivity contribution in [2.45, 2.75) is 64.1 Å². The van der Waals surface area contributed by atoms with Gasteiger partial charge in [0, 0.05) is 67.1 Å². The molecule has 4 heterocycles. The second-order valence-electron chi connectivity index (χ2n) is 15.1. The zero-order chi connectivity index (χ0) is 42.4. The minimum absolute atomic E-state index is 0.0131. The molecule has 15 nitrogen and oxygen atoms in total. The van der Waals surface area contributed by atoms with E-state index < -0.39 is 34.9 Å². The minimum Gasteiger partial charge on any atom is -0.493 e. The maximum absolute atomic E-state index is 15.3. The van der Waals surface area contributed by atoms with Gasteiger partial charge in [0.25, 0.3) is 6.33 Å². The van der Waals surface area contributed by atoms with Crippen LogP contribution in [-0.4, -0.2) is 92.1 Å².